The van der Waals surface area contributed by atoms with Gasteiger partial charge in [0, 0.05) is 17.7 Å². The summed E-state index contributed by atoms with van der Waals surface area (Å²) in [5.74, 6) is -0.156. The summed E-state index contributed by atoms with van der Waals surface area (Å²) in [6.45, 7) is 1.41. The standard InChI is InChI=1S/C7H8N2O2/c1-6(10)8-7-3-2-4-9(11)5-7/h2-5H,1H3,(H-,8,10,11)/p+1. The topological polar surface area (TPSA) is 53.2 Å². The number of hydrogen-bond acceptors (Lipinski definition) is 2. The Balaban J connectivity index is 2.79. The summed E-state index contributed by atoms with van der Waals surface area (Å²) in [5.41, 5.74) is 0.572. The Morgan fingerprint density at radius 3 is 3.00 bits per heavy atom. The Labute approximate surface area is 64.1 Å². The third-order valence-corrected chi connectivity index (χ3v) is 1.11. The molecule has 0 aromatic carbocycles. The van der Waals surface area contributed by atoms with E-state index in [4.69, 9.17) is 5.21 Å². The average molecular weight is 153 g/mol. The lowest BCUT2D eigenvalue weighted by molar-refractivity contribution is -0.904. The third-order valence-electron chi connectivity index (χ3n) is 1.11. The maximum atomic E-state index is 10.5. The van der Waals surface area contributed by atoms with Crippen LogP contribution in [0.15, 0.2) is 24.5 Å². The van der Waals surface area contributed by atoms with Crippen LogP contribution in [0.5, 0.6) is 0 Å². The van der Waals surface area contributed by atoms with Gasteiger partial charge in [0.25, 0.3) is 0 Å². The lowest BCUT2D eigenvalue weighted by Gasteiger charge is -1.95. The number of rotatable bonds is 1. The van der Waals surface area contributed by atoms with Gasteiger partial charge in [0.05, 0.1) is 0 Å². The van der Waals surface area contributed by atoms with Crippen molar-refractivity contribution >= 4 is 11.6 Å². The van der Waals surface area contributed by atoms with Crippen LogP contribution in [-0.4, -0.2) is 11.1 Å². The van der Waals surface area contributed by atoms with Crippen LogP contribution in [0.3, 0.4) is 0 Å². The predicted molar refractivity (Wildman–Crippen MR) is 38.1 cm³/mol. The smallest absolute Gasteiger partial charge is 0.245 e. The lowest BCUT2D eigenvalue weighted by atomic mass is 10.4. The quantitative estimate of drug-likeness (QED) is 0.446. The minimum atomic E-state index is -0.156. The second-order valence-corrected chi connectivity index (χ2v) is 2.15. The first-order valence-corrected chi connectivity index (χ1v) is 3.16. The van der Waals surface area contributed by atoms with Gasteiger partial charge >= 0.3 is 0 Å². The monoisotopic (exact) mass is 153 g/mol. The first-order valence-electron chi connectivity index (χ1n) is 3.16. The first kappa shape index (κ1) is 7.53. The Morgan fingerprint density at radius 2 is 2.45 bits per heavy atom. The van der Waals surface area contributed by atoms with E-state index in [0.717, 1.165) is 4.73 Å². The Kier molecular flexibility index (Phi) is 2.06. The second kappa shape index (κ2) is 3.01. The van der Waals surface area contributed by atoms with Crippen molar-refractivity contribution in [3.63, 3.8) is 0 Å². The maximum Gasteiger partial charge on any atom is 0.245 e. The highest BCUT2D eigenvalue weighted by molar-refractivity contribution is 5.88. The van der Waals surface area contributed by atoms with Crippen LogP contribution in [0.4, 0.5) is 5.69 Å². The molecule has 0 atom stereocenters. The molecule has 58 valence electrons. The van der Waals surface area contributed by atoms with Gasteiger partial charge in [-0.25, -0.2) is 0 Å². The third kappa shape index (κ3) is 2.25. The summed E-state index contributed by atoms with van der Waals surface area (Å²) >= 11 is 0. The molecule has 0 bridgehead atoms. The molecule has 11 heavy (non-hydrogen) atoms. The van der Waals surface area contributed by atoms with E-state index in [1.807, 2.05) is 0 Å². The fourth-order valence-electron chi connectivity index (χ4n) is 0.741. The van der Waals surface area contributed by atoms with Crippen LogP contribution in [0.1, 0.15) is 6.92 Å². The van der Waals surface area contributed by atoms with Crippen LogP contribution in [0.2, 0.25) is 0 Å². The first-order chi connectivity index (χ1) is 5.18. The van der Waals surface area contributed by atoms with E-state index in [1.165, 1.54) is 19.3 Å². The molecule has 0 aliphatic heterocycles. The number of carbonyl (C=O) groups is 1. The van der Waals surface area contributed by atoms with Crippen molar-refractivity contribution < 1.29 is 14.7 Å². The molecule has 1 aromatic heterocycles. The molecule has 0 radical (unpaired) electrons. The Morgan fingerprint density at radius 1 is 1.73 bits per heavy atom. The van der Waals surface area contributed by atoms with Crippen LogP contribution >= 0.6 is 0 Å². The van der Waals surface area contributed by atoms with Gasteiger partial charge in [0.2, 0.25) is 18.3 Å². The molecular formula is C7H9N2O2+. The summed E-state index contributed by atoms with van der Waals surface area (Å²) in [5, 5.41) is 11.4. The number of pyridine rings is 1. The van der Waals surface area contributed by atoms with Crippen molar-refractivity contribution in [1.82, 2.24) is 0 Å². The fraction of sp³-hybridized carbons (Fsp3) is 0.143. The SMILES string of the molecule is CC(=O)Nc1ccc[n+](O)c1. The Bertz CT molecular complexity index is 273. The second-order valence-electron chi connectivity index (χ2n) is 2.15. The van der Waals surface area contributed by atoms with Gasteiger partial charge < -0.3 is 5.32 Å². The molecule has 0 saturated heterocycles. The van der Waals surface area contributed by atoms with Crippen LogP contribution in [0, 0.1) is 0 Å². The Hall–Kier alpha value is -1.58. The van der Waals surface area contributed by atoms with Crippen LogP contribution < -0.4 is 10.0 Å². The summed E-state index contributed by atoms with van der Waals surface area (Å²) < 4.78 is 0.880. The fourth-order valence-corrected chi connectivity index (χ4v) is 0.741. The van der Waals surface area contributed by atoms with E-state index in [0.29, 0.717) is 5.69 Å². The van der Waals surface area contributed by atoms with Crippen molar-refractivity contribution in [2.45, 2.75) is 6.92 Å². The van der Waals surface area contributed by atoms with E-state index in [9.17, 15) is 4.79 Å². The highest BCUT2D eigenvalue weighted by atomic mass is 16.5. The minimum Gasteiger partial charge on any atom is -0.321 e. The maximum absolute atomic E-state index is 10.5. The van der Waals surface area contributed by atoms with Crippen molar-refractivity contribution in [3.05, 3.63) is 24.5 Å². The number of nitrogens with zero attached hydrogens (tertiary/aromatic N) is 1. The van der Waals surface area contributed by atoms with E-state index in [1.54, 1.807) is 12.1 Å². The number of anilines is 1. The van der Waals surface area contributed by atoms with Gasteiger partial charge in [0.15, 0.2) is 0 Å². The zero-order valence-corrected chi connectivity index (χ0v) is 6.11. The van der Waals surface area contributed by atoms with E-state index in [-0.39, 0.29) is 5.91 Å². The molecule has 0 spiro atoms. The van der Waals surface area contributed by atoms with E-state index in [2.05, 4.69) is 5.32 Å². The summed E-state index contributed by atoms with van der Waals surface area (Å²) in [6.07, 6.45) is 2.87. The number of nitrogens with one attached hydrogen (secondary N) is 1. The zero-order chi connectivity index (χ0) is 8.27. The van der Waals surface area contributed by atoms with E-state index < -0.39 is 0 Å². The molecule has 1 amide bonds. The molecule has 0 saturated carbocycles. The molecule has 4 heteroatoms. The van der Waals surface area contributed by atoms with Gasteiger partial charge in [0.1, 0.15) is 5.69 Å². The molecular weight excluding hydrogens is 144 g/mol. The zero-order valence-electron chi connectivity index (χ0n) is 6.11. The summed E-state index contributed by atoms with van der Waals surface area (Å²) in [4.78, 5) is 10.5. The van der Waals surface area contributed by atoms with Crippen molar-refractivity contribution in [2.75, 3.05) is 5.32 Å². The number of carbonyl (C=O) groups excluding carboxylic acids is 1. The molecule has 4 nitrogen and oxygen atoms in total. The average Bonchev–Trinajstić information content (AvgIpc) is 1.85. The van der Waals surface area contributed by atoms with Crippen molar-refractivity contribution in [1.29, 1.82) is 0 Å². The summed E-state index contributed by atoms with van der Waals surface area (Å²) in [6, 6.07) is 3.32. The highest BCUT2D eigenvalue weighted by Crippen LogP contribution is 1.99. The number of amides is 1. The van der Waals surface area contributed by atoms with Gasteiger partial charge in [-0.15, -0.1) is 0 Å². The van der Waals surface area contributed by atoms with Gasteiger partial charge in [-0.3, -0.25) is 10.0 Å². The molecule has 0 unspecified atom stereocenters. The molecule has 0 fully saturated rings. The number of hydrogen-bond donors (Lipinski definition) is 2. The van der Waals surface area contributed by atoms with Crippen molar-refractivity contribution in [3.8, 4) is 0 Å². The van der Waals surface area contributed by atoms with Crippen LogP contribution in [0.25, 0.3) is 0 Å². The van der Waals surface area contributed by atoms with Gasteiger partial charge in [-0.1, -0.05) is 0 Å². The molecule has 1 heterocycles. The summed E-state index contributed by atoms with van der Waals surface area (Å²) in [7, 11) is 0. The van der Waals surface area contributed by atoms with Gasteiger partial charge in [-0.2, -0.15) is 0 Å². The molecule has 0 aliphatic carbocycles. The molecule has 1 aromatic rings. The normalized spacial score (nSPS) is 9.18. The molecule has 2 N–H and O–H groups in total. The predicted octanol–water partition coefficient (Wildman–Crippen LogP) is 0.170. The van der Waals surface area contributed by atoms with E-state index >= 15 is 0 Å². The number of aromatic nitrogens is 1. The lowest BCUT2D eigenvalue weighted by Crippen LogP contribution is -2.29. The minimum absolute atomic E-state index is 0.156. The largest absolute Gasteiger partial charge is 0.321 e. The molecule has 1 rings (SSSR count). The van der Waals surface area contributed by atoms with Crippen LogP contribution in [-0.2, 0) is 4.79 Å². The van der Waals surface area contributed by atoms with Crippen molar-refractivity contribution in [2.24, 2.45) is 0 Å². The van der Waals surface area contributed by atoms with Gasteiger partial charge in [-0.05, 0) is 6.07 Å². The highest BCUT2D eigenvalue weighted by Gasteiger charge is 2.00. The molecule has 0 aliphatic rings.